The van der Waals surface area contributed by atoms with Crippen molar-refractivity contribution in [2.75, 3.05) is 12.4 Å². The first-order valence-corrected chi connectivity index (χ1v) is 8.72. The van der Waals surface area contributed by atoms with Crippen LogP contribution < -0.4 is 15.4 Å². The van der Waals surface area contributed by atoms with Crippen LogP contribution in [0.15, 0.2) is 48.5 Å². The van der Waals surface area contributed by atoms with Crippen molar-refractivity contribution in [3.8, 4) is 5.75 Å². The van der Waals surface area contributed by atoms with Gasteiger partial charge in [-0.05, 0) is 65.9 Å². The number of amides is 2. The summed E-state index contributed by atoms with van der Waals surface area (Å²) < 4.78 is 7.31. The van der Waals surface area contributed by atoms with E-state index in [9.17, 15) is 9.59 Å². The zero-order valence-corrected chi connectivity index (χ0v) is 15.5. The highest BCUT2D eigenvalue weighted by Gasteiger charge is 2.09. The molecule has 1 heterocycles. The van der Waals surface area contributed by atoms with Crippen LogP contribution in [0.5, 0.6) is 5.75 Å². The van der Waals surface area contributed by atoms with Crippen molar-refractivity contribution in [3.05, 3.63) is 65.5 Å². The zero-order chi connectivity index (χ0) is 19.9. The molecule has 0 unspecified atom stereocenters. The Morgan fingerprint density at radius 1 is 1.00 bits per heavy atom. The average Bonchev–Trinajstić information content (AvgIpc) is 3.20. The van der Waals surface area contributed by atoms with Gasteiger partial charge in [0.25, 0.3) is 11.8 Å². The summed E-state index contributed by atoms with van der Waals surface area (Å²) in [6, 6.07) is 13.4. The van der Waals surface area contributed by atoms with Crippen molar-refractivity contribution in [2.24, 2.45) is 0 Å². The summed E-state index contributed by atoms with van der Waals surface area (Å²) in [6.45, 7) is 2.85. The van der Waals surface area contributed by atoms with Crippen LogP contribution in [-0.2, 0) is 13.2 Å². The summed E-state index contributed by atoms with van der Waals surface area (Å²) in [5, 5.41) is 16.7. The Morgan fingerprint density at radius 2 is 1.64 bits per heavy atom. The number of hydrogen-bond donors (Lipinski definition) is 2. The van der Waals surface area contributed by atoms with Crippen LogP contribution in [-0.4, -0.2) is 39.1 Å². The van der Waals surface area contributed by atoms with E-state index >= 15 is 0 Å². The number of nitrogens with one attached hydrogen (secondary N) is 2. The Labute approximate surface area is 161 Å². The van der Waals surface area contributed by atoms with E-state index in [1.807, 2.05) is 6.92 Å². The molecule has 0 aliphatic rings. The molecule has 2 N–H and O–H groups in total. The van der Waals surface area contributed by atoms with E-state index in [0.29, 0.717) is 34.9 Å². The topological polar surface area (TPSA) is 111 Å². The van der Waals surface area contributed by atoms with E-state index < -0.39 is 0 Å². The van der Waals surface area contributed by atoms with E-state index in [1.54, 1.807) is 60.3 Å². The van der Waals surface area contributed by atoms with Gasteiger partial charge in [-0.2, -0.15) is 0 Å². The van der Waals surface area contributed by atoms with Crippen LogP contribution in [0.1, 0.15) is 33.5 Å². The molecule has 0 fully saturated rings. The largest absolute Gasteiger partial charge is 0.486 e. The number of carbonyl (C=O) groups excluding carboxylic acids is 2. The molecule has 28 heavy (non-hydrogen) atoms. The number of tetrazole rings is 1. The Hall–Kier alpha value is -3.75. The summed E-state index contributed by atoms with van der Waals surface area (Å²) in [7, 11) is 1.57. The lowest BCUT2D eigenvalue weighted by Gasteiger charge is -2.08. The lowest BCUT2D eigenvalue weighted by atomic mass is 10.1. The maximum Gasteiger partial charge on any atom is 0.255 e. The molecule has 9 nitrogen and oxygen atoms in total. The Morgan fingerprint density at radius 3 is 2.29 bits per heavy atom. The Balaban J connectivity index is 1.58. The van der Waals surface area contributed by atoms with Crippen LogP contribution in [0.3, 0.4) is 0 Å². The van der Waals surface area contributed by atoms with E-state index in [0.717, 1.165) is 0 Å². The molecular formula is C19H20N6O3. The van der Waals surface area contributed by atoms with Crippen molar-refractivity contribution >= 4 is 17.5 Å². The smallest absolute Gasteiger partial charge is 0.255 e. The first kappa shape index (κ1) is 19.0. The van der Waals surface area contributed by atoms with Crippen LogP contribution in [0.25, 0.3) is 0 Å². The van der Waals surface area contributed by atoms with Gasteiger partial charge in [0.15, 0.2) is 5.82 Å². The molecule has 0 aliphatic heterocycles. The summed E-state index contributed by atoms with van der Waals surface area (Å²) in [5.74, 6) is 0.803. The number of benzene rings is 2. The number of ether oxygens (including phenoxy) is 1. The number of anilines is 1. The number of aryl methyl sites for hydroxylation is 1. The number of carbonyl (C=O) groups is 2. The predicted octanol–water partition coefficient (Wildman–Crippen LogP) is 1.88. The van der Waals surface area contributed by atoms with Gasteiger partial charge in [0, 0.05) is 30.4 Å². The minimum atomic E-state index is -0.255. The number of rotatable bonds is 7. The van der Waals surface area contributed by atoms with Gasteiger partial charge in [0.2, 0.25) is 0 Å². The summed E-state index contributed by atoms with van der Waals surface area (Å²) >= 11 is 0. The molecule has 0 bridgehead atoms. The normalized spacial score (nSPS) is 10.4. The quantitative estimate of drug-likeness (QED) is 0.647. The highest BCUT2D eigenvalue weighted by molar-refractivity contribution is 6.04. The molecule has 144 valence electrons. The zero-order valence-electron chi connectivity index (χ0n) is 15.5. The first-order valence-electron chi connectivity index (χ1n) is 8.72. The maximum atomic E-state index is 12.4. The molecule has 0 spiro atoms. The first-order chi connectivity index (χ1) is 13.6. The number of aromatic nitrogens is 4. The average molecular weight is 380 g/mol. The highest BCUT2D eigenvalue weighted by Crippen LogP contribution is 2.16. The summed E-state index contributed by atoms with van der Waals surface area (Å²) in [5.41, 5.74) is 1.61. The minimum absolute atomic E-state index is 0.179. The van der Waals surface area contributed by atoms with Gasteiger partial charge in [0.05, 0.1) is 0 Å². The third-order valence-electron chi connectivity index (χ3n) is 4.02. The second-order valence-corrected chi connectivity index (χ2v) is 5.83. The second-order valence-electron chi connectivity index (χ2n) is 5.83. The van der Waals surface area contributed by atoms with Crippen molar-refractivity contribution in [3.63, 3.8) is 0 Å². The molecule has 0 aliphatic carbocycles. The fraction of sp³-hybridized carbons (Fsp3) is 0.211. The lowest BCUT2D eigenvalue weighted by molar-refractivity contribution is 0.0962. The number of nitrogens with zero attached hydrogens (tertiary/aromatic N) is 4. The monoisotopic (exact) mass is 380 g/mol. The molecule has 2 amide bonds. The molecule has 0 radical (unpaired) electrons. The van der Waals surface area contributed by atoms with Crippen molar-refractivity contribution < 1.29 is 14.3 Å². The van der Waals surface area contributed by atoms with Gasteiger partial charge >= 0.3 is 0 Å². The van der Waals surface area contributed by atoms with E-state index in [2.05, 4.69) is 26.2 Å². The molecule has 0 saturated carbocycles. The van der Waals surface area contributed by atoms with Gasteiger partial charge in [0.1, 0.15) is 12.4 Å². The molecule has 0 saturated heterocycles. The maximum absolute atomic E-state index is 12.4. The third kappa shape index (κ3) is 4.50. The molecule has 0 atom stereocenters. The molecule has 3 rings (SSSR count). The Kier molecular flexibility index (Phi) is 5.95. The minimum Gasteiger partial charge on any atom is -0.486 e. The van der Waals surface area contributed by atoms with Gasteiger partial charge in [-0.3, -0.25) is 9.59 Å². The highest BCUT2D eigenvalue weighted by atomic mass is 16.5. The van der Waals surface area contributed by atoms with Crippen molar-refractivity contribution in [1.82, 2.24) is 25.5 Å². The summed E-state index contributed by atoms with van der Waals surface area (Å²) in [6.07, 6.45) is 0. The van der Waals surface area contributed by atoms with E-state index in [4.69, 9.17) is 4.74 Å². The molecule has 3 aromatic rings. The Bertz CT molecular complexity index is 951. The lowest BCUT2D eigenvalue weighted by Crippen LogP contribution is -2.17. The van der Waals surface area contributed by atoms with Gasteiger partial charge < -0.3 is 15.4 Å². The second kappa shape index (κ2) is 8.76. The van der Waals surface area contributed by atoms with Gasteiger partial charge in [-0.25, -0.2) is 4.68 Å². The third-order valence-corrected chi connectivity index (χ3v) is 4.02. The van der Waals surface area contributed by atoms with Crippen LogP contribution in [0.2, 0.25) is 0 Å². The predicted molar refractivity (Wildman–Crippen MR) is 102 cm³/mol. The van der Waals surface area contributed by atoms with Gasteiger partial charge in [-0.1, -0.05) is 0 Å². The fourth-order valence-electron chi connectivity index (χ4n) is 2.48. The standard InChI is InChI=1S/C19H20N6O3/c1-3-25-17(22-23-24-25)12-28-16-10-6-14(7-11-16)19(27)21-15-8-4-13(5-9-15)18(26)20-2/h4-11H,3,12H2,1-2H3,(H,20,26)(H,21,27). The van der Waals surface area contributed by atoms with Crippen LogP contribution in [0.4, 0.5) is 5.69 Å². The van der Waals surface area contributed by atoms with Crippen LogP contribution in [0, 0.1) is 0 Å². The number of hydrogen-bond acceptors (Lipinski definition) is 6. The van der Waals surface area contributed by atoms with E-state index in [1.165, 1.54) is 0 Å². The SMILES string of the molecule is CCn1nnnc1COc1ccc(C(=O)Nc2ccc(C(=O)NC)cc2)cc1. The fourth-order valence-corrected chi connectivity index (χ4v) is 2.48. The van der Waals surface area contributed by atoms with E-state index in [-0.39, 0.29) is 18.4 Å². The molecule has 1 aromatic heterocycles. The summed E-state index contributed by atoms with van der Waals surface area (Å²) in [4.78, 5) is 23.9. The van der Waals surface area contributed by atoms with Crippen molar-refractivity contribution in [1.29, 1.82) is 0 Å². The van der Waals surface area contributed by atoms with Crippen molar-refractivity contribution in [2.45, 2.75) is 20.1 Å². The molecule has 2 aromatic carbocycles. The molecular weight excluding hydrogens is 360 g/mol. The molecule has 9 heteroatoms. The van der Waals surface area contributed by atoms with Gasteiger partial charge in [-0.15, -0.1) is 5.10 Å². The van der Waals surface area contributed by atoms with Crippen LogP contribution >= 0.6 is 0 Å².